The molecule has 1 aromatic rings. The first-order valence-electron chi connectivity index (χ1n) is 10.6. The van der Waals surface area contributed by atoms with E-state index in [-0.39, 0.29) is 12.1 Å². The first-order chi connectivity index (χ1) is 14.8. The van der Waals surface area contributed by atoms with E-state index in [1.807, 2.05) is 18.2 Å². The molecule has 1 unspecified atom stereocenters. The highest BCUT2D eigenvalue weighted by molar-refractivity contribution is 6.15. The summed E-state index contributed by atoms with van der Waals surface area (Å²) < 4.78 is 10.9. The molecule has 0 aliphatic carbocycles. The van der Waals surface area contributed by atoms with Crippen LogP contribution in [0.4, 0.5) is 4.79 Å². The summed E-state index contributed by atoms with van der Waals surface area (Å²) in [7, 11) is 3.06. The third kappa shape index (κ3) is 7.31. The van der Waals surface area contributed by atoms with E-state index in [1.165, 1.54) is 12.0 Å². The van der Waals surface area contributed by atoms with Gasteiger partial charge in [-0.15, -0.1) is 0 Å². The number of rotatable bonds is 10. The number of nitrogens with zero attached hydrogens (tertiary/aromatic N) is 1. The molecule has 172 valence electrons. The Hall–Kier alpha value is -3.03. The van der Waals surface area contributed by atoms with Crippen LogP contribution >= 0.6 is 0 Å². The van der Waals surface area contributed by atoms with Gasteiger partial charge < -0.3 is 14.6 Å². The lowest BCUT2D eigenvalue weighted by atomic mass is 9.98. The summed E-state index contributed by atoms with van der Waals surface area (Å²) in [6.45, 7) is 6.35. The lowest BCUT2D eigenvalue weighted by Gasteiger charge is -2.24. The van der Waals surface area contributed by atoms with Gasteiger partial charge in [0.25, 0.3) is 5.91 Å². The molecule has 0 saturated carbocycles. The number of carboxylic acids is 1. The molecule has 1 aliphatic heterocycles. The topological polar surface area (TPSA) is 105 Å². The van der Waals surface area contributed by atoms with Crippen molar-refractivity contribution in [3.63, 3.8) is 0 Å². The maximum absolute atomic E-state index is 12.5. The number of imide groups is 1. The second kappa shape index (κ2) is 13.3. The van der Waals surface area contributed by atoms with Crippen LogP contribution in [0.15, 0.2) is 30.0 Å². The van der Waals surface area contributed by atoms with Gasteiger partial charge in [-0.1, -0.05) is 52.2 Å². The van der Waals surface area contributed by atoms with Crippen LogP contribution in [-0.2, 0) is 14.3 Å². The Bertz CT molecular complexity index is 790. The summed E-state index contributed by atoms with van der Waals surface area (Å²) in [6.07, 6.45) is 4.40. The van der Waals surface area contributed by atoms with Gasteiger partial charge in [0.15, 0.2) is 11.5 Å². The van der Waals surface area contributed by atoms with E-state index in [0.29, 0.717) is 29.5 Å². The molecule has 1 atom stereocenters. The molecule has 3 amide bonds. The fraction of sp³-hybridized carbons (Fsp3) is 0.522. The van der Waals surface area contributed by atoms with Crippen LogP contribution in [-0.4, -0.2) is 48.7 Å². The third-order valence-electron chi connectivity index (χ3n) is 5.01. The van der Waals surface area contributed by atoms with Crippen molar-refractivity contribution >= 4 is 23.7 Å². The molecule has 1 fully saturated rings. The molecule has 0 spiro atoms. The van der Waals surface area contributed by atoms with Crippen molar-refractivity contribution < 1.29 is 29.0 Å². The number of benzene rings is 1. The highest BCUT2D eigenvalue weighted by atomic mass is 16.5. The molecule has 1 aromatic carbocycles. The van der Waals surface area contributed by atoms with Crippen LogP contribution in [0.3, 0.4) is 0 Å². The van der Waals surface area contributed by atoms with Gasteiger partial charge in [-0.3, -0.25) is 19.8 Å². The van der Waals surface area contributed by atoms with Crippen molar-refractivity contribution in [1.82, 2.24) is 10.2 Å². The number of hydrogen-bond donors (Lipinski definition) is 2. The Morgan fingerprint density at radius 2 is 1.81 bits per heavy atom. The molecule has 8 nitrogen and oxygen atoms in total. The van der Waals surface area contributed by atoms with E-state index in [2.05, 4.69) is 19.2 Å². The van der Waals surface area contributed by atoms with Crippen molar-refractivity contribution in [2.75, 3.05) is 20.8 Å². The number of urea groups is 1. The number of hydrogen-bond acceptors (Lipinski definition) is 5. The molecule has 1 heterocycles. The summed E-state index contributed by atoms with van der Waals surface area (Å²) in [5, 5.41) is 10.1. The zero-order chi connectivity index (χ0) is 23.4. The van der Waals surface area contributed by atoms with Gasteiger partial charge in [0.05, 0.1) is 19.8 Å². The predicted molar refractivity (Wildman–Crippen MR) is 118 cm³/mol. The number of unbranched alkanes of at least 4 members (excludes halogenated alkanes) is 1. The molecular formula is C23H34N2O6. The van der Waals surface area contributed by atoms with E-state index in [9.17, 15) is 14.4 Å². The first kappa shape index (κ1) is 26.0. The first-order valence-corrected chi connectivity index (χ1v) is 10.6. The van der Waals surface area contributed by atoms with Crippen LogP contribution < -0.4 is 10.1 Å². The van der Waals surface area contributed by atoms with Crippen LogP contribution in [0.2, 0.25) is 0 Å². The highest BCUT2D eigenvalue weighted by Crippen LogP contribution is 2.32. The molecule has 0 radical (unpaired) electrons. The van der Waals surface area contributed by atoms with Crippen LogP contribution in [0, 0.1) is 5.92 Å². The molecular weight excluding hydrogens is 400 g/mol. The van der Waals surface area contributed by atoms with Gasteiger partial charge >= 0.3 is 12.0 Å². The molecule has 8 heteroatoms. The van der Waals surface area contributed by atoms with Gasteiger partial charge in [-0.05, 0) is 24.5 Å². The second-order valence-corrected chi connectivity index (χ2v) is 7.12. The molecule has 1 aliphatic rings. The van der Waals surface area contributed by atoms with Gasteiger partial charge in [0.2, 0.25) is 0 Å². The number of aliphatic carboxylic acids is 1. The highest BCUT2D eigenvalue weighted by Gasteiger charge is 2.38. The summed E-state index contributed by atoms with van der Waals surface area (Å²) in [5.41, 5.74) is 0.890. The van der Waals surface area contributed by atoms with Gasteiger partial charge in [0, 0.05) is 13.0 Å². The number of carbonyl (C=O) groups is 3. The van der Waals surface area contributed by atoms with Crippen LogP contribution in [0.25, 0.3) is 5.76 Å². The zero-order valence-electron chi connectivity index (χ0n) is 19.1. The van der Waals surface area contributed by atoms with Gasteiger partial charge in [0.1, 0.15) is 5.75 Å². The van der Waals surface area contributed by atoms with E-state index in [1.54, 1.807) is 20.1 Å². The number of methoxy groups -OCH3 is 2. The predicted octanol–water partition coefficient (Wildman–Crippen LogP) is 4.26. The minimum absolute atomic E-state index is 0.222. The Labute approximate surface area is 184 Å². The average Bonchev–Trinajstić information content (AvgIpc) is 3.05. The molecule has 0 bridgehead atoms. The number of nitrogens with one attached hydrogen (secondary N) is 1. The van der Waals surface area contributed by atoms with Gasteiger partial charge in [-0.2, -0.15) is 0 Å². The summed E-state index contributed by atoms with van der Waals surface area (Å²) in [4.78, 5) is 35.8. The largest absolute Gasteiger partial charge is 0.496 e. The third-order valence-corrected chi connectivity index (χ3v) is 5.01. The normalized spacial score (nSPS) is 15.6. The van der Waals surface area contributed by atoms with E-state index < -0.39 is 17.9 Å². The zero-order valence-corrected chi connectivity index (χ0v) is 19.1. The Morgan fingerprint density at radius 1 is 1.16 bits per heavy atom. The summed E-state index contributed by atoms with van der Waals surface area (Å²) in [5.74, 6) is 0.0728. The summed E-state index contributed by atoms with van der Waals surface area (Å²) in [6, 6.07) is 6.89. The summed E-state index contributed by atoms with van der Waals surface area (Å²) >= 11 is 0. The SMILES string of the molecule is CCC(=O)O.CCCCC(CC)CN1C(=O)NC(=O)C1=C(OC)c1ccccc1OC. The molecule has 1 saturated heterocycles. The molecule has 0 aromatic heterocycles. The van der Waals surface area contributed by atoms with E-state index >= 15 is 0 Å². The number of carboxylic acid groups (broad SMARTS) is 1. The lowest BCUT2D eigenvalue weighted by Crippen LogP contribution is -2.32. The molecule has 2 N–H and O–H groups in total. The van der Waals surface area contributed by atoms with E-state index in [4.69, 9.17) is 14.6 Å². The van der Waals surface area contributed by atoms with Crippen LogP contribution in [0.5, 0.6) is 5.75 Å². The van der Waals surface area contributed by atoms with Crippen molar-refractivity contribution in [3.8, 4) is 5.75 Å². The second-order valence-electron chi connectivity index (χ2n) is 7.12. The number of ether oxygens (including phenoxy) is 2. The standard InChI is InChI=1S/C20H28N2O4.C3H6O2/c1-5-7-10-14(6-2)13-22-17(19(23)21-20(22)24)18(26-4)15-11-8-9-12-16(15)25-3;1-2-3(4)5/h8-9,11-12,14H,5-7,10,13H2,1-4H3,(H,21,23,24);2H2,1H3,(H,4,5). The lowest BCUT2D eigenvalue weighted by molar-refractivity contribution is -0.136. The number of carbonyl (C=O) groups excluding carboxylic acids is 2. The molecule has 2 rings (SSSR count). The quantitative estimate of drug-likeness (QED) is 0.324. The molecule has 31 heavy (non-hydrogen) atoms. The maximum atomic E-state index is 12.5. The van der Waals surface area contributed by atoms with Crippen molar-refractivity contribution in [1.29, 1.82) is 0 Å². The Morgan fingerprint density at radius 3 is 2.32 bits per heavy atom. The van der Waals surface area contributed by atoms with Crippen molar-refractivity contribution in [2.45, 2.75) is 52.9 Å². The number of para-hydroxylation sites is 1. The smallest absolute Gasteiger partial charge is 0.329 e. The Balaban J connectivity index is 0.000000861. The number of amides is 3. The Kier molecular flexibility index (Phi) is 11.2. The fourth-order valence-electron chi connectivity index (χ4n) is 3.19. The fourth-order valence-corrected chi connectivity index (χ4v) is 3.19. The van der Waals surface area contributed by atoms with Gasteiger partial charge in [-0.25, -0.2) is 4.79 Å². The average molecular weight is 435 g/mol. The monoisotopic (exact) mass is 434 g/mol. The van der Waals surface area contributed by atoms with Crippen molar-refractivity contribution in [3.05, 3.63) is 35.5 Å². The van der Waals surface area contributed by atoms with Crippen LogP contribution in [0.1, 0.15) is 58.4 Å². The maximum Gasteiger partial charge on any atom is 0.329 e. The van der Waals surface area contributed by atoms with Crippen molar-refractivity contribution in [2.24, 2.45) is 5.92 Å². The minimum Gasteiger partial charge on any atom is -0.496 e. The minimum atomic E-state index is -0.745. The van der Waals surface area contributed by atoms with E-state index in [0.717, 1.165) is 25.7 Å².